The van der Waals surface area contributed by atoms with Crippen molar-refractivity contribution in [1.29, 1.82) is 0 Å². The number of likely N-dealkylation sites (tertiary alicyclic amines) is 1. The van der Waals surface area contributed by atoms with Gasteiger partial charge in [0, 0.05) is 12.5 Å². The van der Waals surface area contributed by atoms with Gasteiger partial charge in [0.1, 0.15) is 11.5 Å². The molecule has 1 N–H and O–H groups in total. The van der Waals surface area contributed by atoms with Gasteiger partial charge in [-0.2, -0.15) is 0 Å². The molecule has 1 saturated heterocycles. The maximum atomic E-state index is 9.15. The van der Waals surface area contributed by atoms with E-state index < -0.39 is 0 Å². The molecule has 1 aliphatic heterocycles. The van der Waals surface area contributed by atoms with Crippen LogP contribution in [0.5, 0.6) is 11.5 Å². The van der Waals surface area contributed by atoms with Crippen molar-refractivity contribution in [2.75, 3.05) is 26.7 Å². The largest absolute Gasteiger partial charge is 0.508 e. The molecular formula is C13H19NO2. The van der Waals surface area contributed by atoms with Crippen LogP contribution in [0.15, 0.2) is 24.3 Å². The number of phenols is 1. The smallest absolute Gasteiger partial charge is 0.119 e. The summed E-state index contributed by atoms with van der Waals surface area (Å²) in [7, 11) is 2.16. The zero-order chi connectivity index (χ0) is 11.4. The second-order valence-corrected chi connectivity index (χ2v) is 4.58. The van der Waals surface area contributed by atoms with E-state index >= 15 is 0 Å². The molecule has 16 heavy (non-hydrogen) atoms. The third-order valence-corrected chi connectivity index (χ3v) is 3.04. The minimum atomic E-state index is 0.282. The molecule has 1 aromatic carbocycles. The maximum Gasteiger partial charge on any atom is 0.119 e. The summed E-state index contributed by atoms with van der Waals surface area (Å²) in [5, 5.41) is 9.15. The molecule has 2 rings (SSSR count). The third-order valence-electron chi connectivity index (χ3n) is 3.04. The van der Waals surface area contributed by atoms with Gasteiger partial charge in [-0.25, -0.2) is 0 Å². The van der Waals surface area contributed by atoms with Crippen LogP contribution in [0.1, 0.15) is 12.8 Å². The first-order valence-corrected chi connectivity index (χ1v) is 5.84. The number of hydrogen-bond donors (Lipinski definition) is 1. The summed E-state index contributed by atoms with van der Waals surface area (Å²) < 4.78 is 5.71. The highest BCUT2D eigenvalue weighted by molar-refractivity contribution is 5.30. The Bertz CT molecular complexity index is 323. The lowest BCUT2D eigenvalue weighted by Crippen LogP contribution is -2.34. The van der Waals surface area contributed by atoms with Crippen LogP contribution in [-0.2, 0) is 0 Å². The topological polar surface area (TPSA) is 32.7 Å². The predicted molar refractivity (Wildman–Crippen MR) is 63.8 cm³/mol. The average molecular weight is 221 g/mol. The Hall–Kier alpha value is -1.22. The van der Waals surface area contributed by atoms with E-state index in [4.69, 9.17) is 9.84 Å². The van der Waals surface area contributed by atoms with Gasteiger partial charge in [-0.15, -0.1) is 0 Å². The van der Waals surface area contributed by atoms with E-state index in [-0.39, 0.29) is 5.75 Å². The molecule has 1 heterocycles. The van der Waals surface area contributed by atoms with Crippen molar-refractivity contribution in [3.8, 4) is 11.5 Å². The van der Waals surface area contributed by atoms with E-state index in [0.717, 1.165) is 18.9 Å². The molecule has 0 spiro atoms. The summed E-state index contributed by atoms with van der Waals surface area (Å²) in [5.41, 5.74) is 0. The SMILES string of the molecule is CN1CCC[C@H](COc2ccc(O)cc2)C1. The summed E-state index contributed by atoms with van der Waals surface area (Å²) in [5.74, 6) is 1.75. The van der Waals surface area contributed by atoms with Crippen LogP contribution in [0, 0.1) is 5.92 Å². The molecule has 1 fully saturated rings. The molecule has 1 aromatic rings. The van der Waals surface area contributed by atoms with E-state index in [9.17, 15) is 0 Å². The predicted octanol–water partition coefficient (Wildman–Crippen LogP) is 2.11. The Labute approximate surface area is 96.6 Å². The van der Waals surface area contributed by atoms with Gasteiger partial charge in [0.15, 0.2) is 0 Å². The minimum absolute atomic E-state index is 0.282. The monoisotopic (exact) mass is 221 g/mol. The summed E-state index contributed by atoms with van der Waals surface area (Å²) >= 11 is 0. The Morgan fingerprint density at radius 2 is 2.12 bits per heavy atom. The molecule has 88 valence electrons. The van der Waals surface area contributed by atoms with Gasteiger partial charge in [0.2, 0.25) is 0 Å². The quantitative estimate of drug-likeness (QED) is 0.848. The zero-order valence-electron chi connectivity index (χ0n) is 9.72. The van der Waals surface area contributed by atoms with Gasteiger partial charge in [-0.3, -0.25) is 0 Å². The molecule has 0 aromatic heterocycles. The molecule has 0 amide bonds. The molecule has 3 nitrogen and oxygen atoms in total. The summed E-state index contributed by atoms with van der Waals surface area (Å²) in [6.07, 6.45) is 2.52. The number of hydrogen-bond acceptors (Lipinski definition) is 3. The fraction of sp³-hybridized carbons (Fsp3) is 0.538. The molecule has 1 aliphatic rings. The molecular weight excluding hydrogens is 202 g/mol. The molecule has 1 atom stereocenters. The molecule has 0 unspecified atom stereocenters. The number of phenolic OH excluding ortho intramolecular Hbond substituents is 1. The van der Waals surface area contributed by atoms with Crippen LogP contribution in [0.3, 0.4) is 0 Å². The molecule has 3 heteroatoms. The van der Waals surface area contributed by atoms with Gasteiger partial charge >= 0.3 is 0 Å². The van der Waals surface area contributed by atoms with Crippen molar-refractivity contribution in [1.82, 2.24) is 4.90 Å². The average Bonchev–Trinajstić information content (AvgIpc) is 2.28. The van der Waals surface area contributed by atoms with E-state index in [1.165, 1.54) is 19.4 Å². The van der Waals surface area contributed by atoms with E-state index in [1.807, 2.05) is 12.1 Å². The number of benzene rings is 1. The molecule has 0 bridgehead atoms. The fourth-order valence-corrected chi connectivity index (χ4v) is 2.17. The highest BCUT2D eigenvalue weighted by Gasteiger charge is 2.17. The van der Waals surface area contributed by atoms with Gasteiger partial charge in [-0.1, -0.05) is 0 Å². The Kier molecular flexibility index (Phi) is 3.67. The second kappa shape index (κ2) is 5.21. The van der Waals surface area contributed by atoms with Crippen LogP contribution >= 0.6 is 0 Å². The zero-order valence-corrected chi connectivity index (χ0v) is 9.72. The van der Waals surface area contributed by atoms with Gasteiger partial charge in [0.25, 0.3) is 0 Å². The summed E-state index contributed by atoms with van der Waals surface area (Å²) in [4.78, 5) is 2.36. The van der Waals surface area contributed by atoms with Crippen molar-refractivity contribution in [3.63, 3.8) is 0 Å². The summed E-state index contributed by atoms with van der Waals surface area (Å²) in [6.45, 7) is 3.10. The number of aromatic hydroxyl groups is 1. The van der Waals surface area contributed by atoms with Crippen molar-refractivity contribution < 1.29 is 9.84 Å². The lowest BCUT2D eigenvalue weighted by atomic mass is 10.00. The van der Waals surface area contributed by atoms with Crippen LogP contribution in [0.25, 0.3) is 0 Å². The van der Waals surface area contributed by atoms with Gasteiger partial charge in [0.05, 0.1) is 6.61 Å². The number of ether oxygens (including phenoxy) is 1. The Balaban J connectivity index is 1.80. The van der Waals surface area contributed by atoms with E-state index in [1.54, 1.807) is 12.1 Å². The van der Waals surface area contributed by atoms with Crippen molar-refractivity contribution in [2.24, 2.45) is 5.92 Å². The highest BCUT2D eigenvalue weighted by atomic mass is 16.5. The molecule has 0 aliphatic carbocycles. The lowest BCUT2D eigenvalue weighted by Gasteiger charge is -2.29. The first-order chi connectivity index (χ1) is 7.74. The van der Waals surface area contributed by atoms with Crippen LogP contribution in [0.2, 0.25) is 0 Å². The van der Waals surface area contributed by atoms with E-state index in [2.05, 4.69) is 11.9 Å². The molecule has 0 radical (unpaired) electrons. The number of rotatable bonds is 3. The maximum absolute atomic E-state index is 9.15. The van der Waals surface area contributed by atoms with Crippen molar-refractivity contribution >= 4 is 0 Å². The highest BCUT2D eigenvalue weighted by Crippen LogP contribution is 2.19. The summed E-state index contributed by atoms with van der Waals surface area (Å²) in [6, 6.07) is 6.93. The number of nitrogens with zero attached hydrogens (tertiary/aromatic N) is 1. The van der Waals surface area contributed by atoms with Crippen LogP contribution in [-0.4, -0.2) is 36.8 Å². The first kappa shape index (κ1) is 11.3. The first-order valence-electron chi connectivity index (χ1n) is 5.84. The minimum Gasteiger partial charge on any atom is -0.508 e. The lowest BCUT2D eigenvalue weighted by molar-refractivity contribution is 0.150. The van der Waals surface area contributed by atoms with Crippen LogP contribution in [0.4, 0.5) is 0 Å². The number of piperidine rings is 1. The van der Waals surface area contributed by atoms with Gasteiger partial charge < -0.3 is 14.7 Å². The van der Waals surface area contributed by atoms with Crippen molar-refractivity contribution in [3.05, 3.63) is 24.3 Å². The Morgan fingerprint density at radius 3 is 2.81 bits per heavy atom. The third kappa shape index (κ3) is 3.14. The fourth-order valence-electron chi connectivity index (χ4n) is 2.17. The molecule has 0 saturated carbocycles. The standard InChI is InChI=1S/C13H19NO2/c1-14-8-2-3-11(9-14)10-16-13-6-4-12(15)5-7-13/h4-7,11,15H,2-3,8-10H2,1H3/t11-/m0/s1. The van der Waals surface area contributed by atoms with E-state index in [0.29, 0.717) is 5.92 Å². The normalized spacial score (nSPS) is 21.9. The Morgan fingerprint density at radius 1 is 1.38 bits per heavy atom. The van der Waals surface area contributed by atoms with Crippen LogP contribution < -0.4 is 4.74 Å². The van der Waals surface area contributed by atoms with Crippen molar-refractivity contribution in [2.45, 2.75) is 12.8 Å². The van der Waals surface area contributed by atoms with Gasteiger partial charge in [-0.05, 0) is 50.7 Å². The second-order valence-electron chi connectivity index (χ2n) is 4.58.